The molecule has 1 aliphatic heterocycles. The quantitative estimate of drug-likeness (QED) is 0.601. The van der Waals surface area contributed by atoms with E-state index in [1.807, 2.05) is 0 Å². The predicted molar refractivity (Wildman–Crippen MR) is 43.4 cm³/mol. The molecule has 0 aromatic heterocycles. The maximum Gasteiger partial charge on any atom is 1.10 e. The van der Waals surface area contributed by atoms with E-state index in [9.17, 15) is 9.59 Å². The van der Waals surface area contributed by atoms with Gasteiger partial charge in [0.25, 0.3) is 11.9 Å². The van der Waals surface area contributed by atoms with Gasteiger partial charge in [0, 0.05) is 6.10 Å². The van der Waals surface area contributed by atoms with Gasteiger partial charge >= 0.3 is 15.1 Å². The summed E-state index contributed by atoms with van der Waals surface area (Å²) < 4.78 is 14.8. The third-order valence-electron chi connectivity index (χ3n) is 1.37. The first-order chi connectivity index (χ1) is 6.08. The maximum absolute atomic E-state index is 10.9. The number of carbonyl (C=O) groups excluding carboxylic acids is 2. The van der Waals surface area contributed by atoms with Gasteiger partial charge < -0.3 is 11.4 Å². The fourth-order valence-electron chi connectivity index (χ4n) is 0.838. The molecule has 0 saturated carbocycles. The van der Waals surface area contributed by atoms with E-state index in [0.29, 0.717) is 0 Å². The van der Waals surface area contributed by atoms with Gasteiger partial charge in [-0.25, -0.2) is 0 Å². The second-order valence-electron chi connectivity index (χ2n) is 2.95. The fraction of sp³-hybridized carbons (Fsp3) is 0.714. The van der Waals surface area contributed by atoms with Crippen molar-refractivity contribution in [2.45, 2.75) is 32.8 Å². The van der Waals surface area contributed by atoms with Crippen LogP contribution in [0.25, 0.3) is 0 Å². The van der Waals surface area contributed by atoms with E-state index < -0.39 is 27.1 Å². The lowest BCUT2D eigenvalue weighted by Gasteiger charge is -2.11. The summed E-state index contributed by atoms with van der Waals surface area (Å²) in [4.78, 5) is 21.8. The first kappa shape index (κ1) is 10.5. The van der Waals surface area contributed by atoms with Gasteiger partial charge in [-0.1, -0.05) is 0 Å². The van der Waals surface area contributed by atoms with Crippen LogP contribution in [0.15, 0.2) is 0 Å². The molecule has 1 fully saturated rings. The van der Waals surface area contributed by atoms with E-state index in [1.165, 1.54) is 0 Å². The second-order valence-corrected chi connectivity index (χ2v) is 4.27. The van der Waals surface area contributed by atoms with Crippen molar-refractivity contribution in [1.29, 1.82) is 0 Å². The van der Waals surface area contributed by atoms with Gasteiger partial charge in [0.05, 0.1) is 12.8 Å². The van der Waals surface area contributed by atoms with Crippen molar-refractivity contribution in [3.05, 3.63) is 0 Å². The summed E-state index contributed by atoms with van der Waals surface area (Å²) in [5.74, 6) is -0.827. The van der Waals surface area contributed by atoms with E-state index >= 15 is 0 Å². The van der Waals surface area contributed by atoms with Crippen LogP contribution in [0, 0.1) is 0 Å². The van der Waals surface area contributed by atoms with Crippen LogP contribution in [0.1, 0.15) is 26.7 Å². The van der Waals surface area contributed by atoms with E-state index in [0.717, 1.165) is 0 Å². The molecule has 1 aliphatic rings. The molecule has 1 saturated heterocycles. The fourth-order valence-corrected chi connectivity index (χ4v) is 2.11. The monoisotopic (exact) mass is 202 g/mol. The van der Waals surface area contributed by atoms with Gasteiger partial charge in [0.1, 0.15) is 0 Å². The molecule has 5 nitrogen and oxygen atoms in total. The van der Waals surface area contributed by atoms with Gasteiger partial charge in [-0.05, 0) is 13.8 Å². The van der Waals surface area contributed by atoms with Gasteiger partial charge in [-0.2, -0.15) is 0 Å². The molecule has 0 unspecified atom stereocenters. The summed E-state index contributed by atoms with van der Waals surface area (Å²) >= 11 is -2.54. The highest BCUT2D eigenvalue weighted by Gasteiger charge is 2.45. The molecule has 13 heavy (non-hydrogen) atoms. The highest BCUT2D eigenvalue weighted by atomic mass is 27.3. The molecule has 0 aromatic carbocycles. The molecule has 72 valence electrons. The summed E-state index contributed by atoms with van der Waals surface area (Å²) in [6.45, 7) is 3.58. The van der Waals surface area contributed by atoms with E-state index in [2.05, 4.69) is 0 Å². The largest absolute Gasteiger partial charge is 1.10 e. The van der Waals surface area contributed by atoms with Crippen molar-refractivity contribution in [3.8, 4) is 0 Å². The lowest BCUT2D eigenvalue weighted by Crippen LogP contribution is -2.32. The molecule has 0 atom stereocenters. The third kappa shape index (κ3) is 3.77. The molecule has 0 spiro atoms. The average molecular weight is 202 g/mol. The normalized spacial score (nSPS) is 18.2. The van der Waals surface area contributed by atoms with Crippen molar-refractivity contribution in [1.82, 2.24) is 0 Å². The SMILES string of the molecule is CC(C)[O][Al]1[O]C(=O)CCC(=O)[O]1. The summed E-state index contributed by atoms with van der Waals surface area (Å²) in [5, 5.41) is 0. The van der Waals surface area contributed by atoms with Crippen molar-refractivity contribution >= 4 is 27.1 Å². The zero-order chi connectivity index (χ0) is 9.84. The minimum absolute atomic E-state index is 0.0871. The lowest BCUT2D eigenvalue weighted by molar-refractivity contribution is -0.137. The van der Waals surface area contributed by atoms with Crippen LogP contribution in [-0.2, 0) is 21.0 Å². The minimum atomic E-state index is -2.54. The van der Waals surface area contributed by atoms with Crippen LogP contribution in [-0.4, -0.2) is 33.2 Å². The molecule has 0 aromatic rings. The molecule has 0 N–H and O–H groups in total. The maximum atomic E-state index is 10.9. The Morgan fingerprint density at radius 2 is 1.69 bits per heavy atom. The van der Waals surface area contributed by atoms with E-state index in [1.54, 1.807) is 13.8 Å². The van der Waals surface area contributed by atoms with Crippen LogP contribution in [0.2, 0.25) is 0 Å². The third-order valence-corrected chi connectivity index (χ3v) is 3.05. The van der Waals surface area contributed by atoms with Crippen LogP contribution in [0.3, 0.4) is 0 Å². The molecule has 0 aliphatic carbocycles. The number of rotatable bonds is 2. The summed E-state index contributed by atoms with van der Waals surface area (Å²) in [5.41, 5.74) is 0. The lowest BCUT2D eigenvalue weighted by atomic mass is 10.3. The topological polar surface area (TPSA) is 61.8 Å². The molecule has 0 bridgehead atoms. The smallest absolute Gasteiger partial charge is 0.562 e. The highest BCUT2D eigenvalue weighted by molar-refractivity contribution is 6.42. The molecular formula is C7H11AlO5. The molecule has 1 rings (SSSR count). The Balaban J connectivity index is 2.51. The van der Waals surface area contributed by atoms with Gasteiger partial charge in [0.15, 0.2) is 0 Å². The summed E-state index contributed by atoms with van der Waals surface area (Å²) in [6, 6.07) is 0. The number of hydrogen-bond acceptors (Lipinski definition) is 5. The Kier molecular flexibility index (Phi) is 3.73. The standard InChI is InChI=1S/C4H6O4.C3H7O.Al/c5-3(6)1-2-4(7)8;1-3(2)4;/h1-2H2,(H,5,6)(H,7,8);3H,1-2H3;/q;-1;+3/p-2. The van der Waals surface area contributed by atoms with Crippen LogP contribution in [0.5, 0.6) is 0 Å². The Morgan fingerprint density at radius 3 is 2.08 bits per heavy atom. The van der Waals surface area contributed by atoms with Crippen LogP contribution < -0.4 is 0 Å². The molecular weight excluding hydrogens is 191 g/mol. The summed E-state index contributed by atoms with van der Waals surface area (Å²) in [7, 11) is 0. The molecule has 0 amide bonds. The van der Waals surface area contributed by atoms with Crippen molar-refractivity contribution in [3.63, 3.8) is 0 Å². The van der Waals surface area contributed by atoms with E-state index in [-0.39, 0.29) is 18.9 Å². The Bertz CT molecular complexity index is 197. The summed E-state index contributed by atoms with van der Waals surface area (Å²) in [6.07, 6.45) is 0.0727. The highest BCUT2D eigenvalue weighted by Crippen LogP contribution is 2.08. The average Bonchev–Trinajstić information content (AvgIpc) is 2.11. The van der Waals surface area contributed by atoms with Crippen molar-refractivity contribution < 1.29 is 21.0 Å². The van der Waals surface area contributed by atoms with Crippen molar-refractivity contribution in [2.75, 3.05) is 0 Å². The van der Waals surface area contributed by atoms with Gasteiger partial charge in [-0.3, -0.25) is 9.59 Å². The van der Waals surface area contributed by atoms with Crippen LogP contribution >= 0.6 is 0 Å². The van der Waals surface area contributed by atoms with E-state index in [4.69, 9.17) is 11.4 Å². The van der Waals surface area contributed by atoms with Crippen molar-refractivity contribution in [2.24, 2.45) is 0 Å². The Labute approximate surface area is 81.3 Å². The Morgan fingerprint density at radius 1 is 1.23 bits per heavy atom. The van der Waals surface area contributed by atoms with Crippen LogP contribution in [0.4, 0.5) is 0 Å². The first-order valence-electron chi connectivity index (χ1n) is 4.12. The minimum Gasteiger partial charge on any atom is -0.562 e. The molecule has 6 heteroatoms. The predicted octanol–water partition coefficient (Wildman–Crippen LogP) is 0.276. The second kappa shape index (κ2) is 4.61. The number of carbonyl (C=O) groups is 2. The first-order valence-corrected chi connectivity index (χ1v) is 5.54. The number of hydrogen-bond donors (Lipinski definition) is 0. The zero-order valence-electron chi connectivity index (χ0n) is 7.61. The molecule has 1 heterocycles. The zero-order valence-corrected chi connectivity index (χ0v) is 8.76. The molecule has 0 radical (unpaired) electrons. The Hall–Kier alpha value is -0.568. The van der Waals surface area contributed by atoms with Gasteiger partial charge in [0.2, 0.25) is 0 Å². The van der Waals surface area contributed by atoms with Gasteiger partial charge in [-0.15, -0.1) is 0 Å².